The lowest BCUT2D eigenvalue weighted by atomic mass is 10.2. The van der Waals surface area contributed by atoms with Gasteiger partial charge in [-0.2, -0.15) is 0 Å². The molecule has 0 bridgehead atoms. The van der Waals surface area contributed by atoms with Crippen molar-refractivity contribution < 1.29 is 4.74 Å². The van der Waals surface area contributed by atoms with Gasteiger partial charge in [0.25, 0.3) is 0 Å². The fraction of sp³-hybridized carbons (Fsp3) is 1.00. The first kappa shape index (κ1) is 12.0. The minimum absolute atomic E-state index is 0.665. The van der Waals surface area contributed by atoms with Crippen LogP contribution in [0.5, 0.6) is 0 Å². The predicted octanol–water partition coefficient (Wildman–Crippen LogP) is 2.58. The molecule has 0 amide bonds. The van der Waals surface area contributed by atoms with Crippen molar-refractivity contribution in [3.63, 3.8) is 0 Å². The molecular formula is C12H25NO. The van der Waals surface area contributed by atoms with Crippen molar-refractivity contribution in [3.05, 3.63) is 0 Å². The maximum absolute atomic E-state index is 5.52. The van der Waals surface area contributed by atoms with E-state index in [1.807, 2.05) is 0 Å². The Hall–Kier alpha value is -0.0800. The van der Waals surface area contributed by atoms with Gasteiger partial charge in [0, 0.05) is 19.3 Å². The molecule has 0 aromatic heterocycles. The van der Waals surface area contributed by atoms with E-state index in [1.54, 1.807) is 0 Å². The first-order chi connectivity index (χ1) is 6.79. The summed E-state index contributed by atoms with van der Waals surface area (Å²) in [6, 6.07) is 0.806. The fourth-order valence-corrected chi connectivity index (χ4v) is 1.93. The van der Waals surface area contributed by atoms with Gasteiger partial charge in [-0.3, -0.25) is 0 Å². The fourth-order valence-electron chi connectivity index (χ4n) is 1.93. The average Bonchev–Trinajstić information content (AvgIpc) is 2.63. The van der Waals surface area contributed by atoms with Crippen LogP contribution < -0.4 is 5.32 Å². The molecule has 2 nitrogen and oxygen atoms in total. The zero-order valence-corrected chi connectivity index (χ0v) is 9.72. The molecule has 0 atom stereocenters. The van der Waals surface area contributed by atoms with Gasteiger partial charge >= 0.3 is 0 Å². The van der Waals surface area contributed by atoms with Gasteiger partial charge in [0.1, 0.15) is 0 Å². The van der Waals surface area contributed by atoms with Crippen molar-refractivity contribution in [3.8, 4) is 0 Å². The van der Waals surface area contributed by atoms with E-state index in [2.05, 4.69) is 19.2 Å². The Balaban J connectivity index is 1.79. The van der Waals surface area contributed by atoms with Crippen LogP contribution in [0, 0.1) is 5.92 Å². The monoisotopic (exact) mass is 199 g/mol. The van der Waals surface area contributed by atoms with E-state index in [4.69, 9.17) is 4.74 Å². The van der Waals surface area contributed by atoms with Crippen molar-refractivity contribution in [1.29, 1.82) is 0 Å². The summed E-state index contributed by atoms with van der Waals surface area (Å²) in [6.07, 6.45) is 6.76. The molecule has 0 aromatic rings. The summed E-state index contributed by atoms with van der Waals surface area (Å²) in [7, 11) is 0. The third-order valence-electron chi connectivity index (χ3n) is 2.70. The number of rotatable bonds is 7. The molecule has 0 unspecified atom stereocenters. The van der Waals surface area contributed by atoms with E-state index in [0.717, 1.165) is 32.2 Å². The molecule has 14 heavy (non-hydrogen) atoms. The van der Waals surface area contributed by atoms with Gasteiger partial charge in [0.15, 0.2) is 0 Å². The van der Waals surface area contributed by atoms with E-state index in [-0.39, 0.29) is 0 Å². The summed E-state index contributed by atoms with van der Waals surface area (Å²) in [6.45, 7) is 7.33. The highest BCUT2D eigenvalue weighted by Crippen LogP contribution is 2.17. The third-order valence-corrected chi connectivity index (χ3v) is 2.70. The summed E-state index contributed by atoms with van der Waals surface area (Å²) >= 11 is 0. The van der Waals surface area contributed by atoms with Crippen LogP contribution in [0.25, 0.3) is 0 Å². The number of nitrogens with one attached hydrogen (secondary N) is 1. The Kier molecular flexibility index (Phi) is 6.20. The Morgan fingerprint density at radius 3 is 2.64 bits per heavy atom. The van der Waals surface area contributed by atoms with Gasteiger partial charge in [-0.15, -0.1) is 0 Å². The van der Waals surface area contributed by atoms with E-state index < -0.39 is 0 Å². The summed E-state index contributed by atoms with van der Waals surface area (Å²) in [5.74, 6) is 0.665. The van der Waals surface area contributed by atoms with Crippen molar-refractivity contribution >= 4 is 0 Å². The highest BCUT2D eigenvalue weighted by atomic mass is 16.5. The van der Waals surface area contributed by atoms with Crippen molar-refractivity contribution in [1.82, 2.24) is 5.32 Å². The van der Waals surface area contributed by atoms with Crippen LogP contribution >= 0.6 is 0 Å². The summed E-state index contributed by atoms with van der Waals surface area (Å²) < 4.78 is 5.52. The molecule has 1 saturated carbocycles. The maximum atomic E-state index is 5.52. The van der Waals surface area contributed by atoms with Crippen LogP contribution in [-0.2, 0) is 4.74 Å². The topological polar surface area (TPSA) is 21.3 Å². The van der Waals surface area contributed by atoms with Crippen LogP contribution in [0.2, 0.25) is 0 Å². The smallest absolute Gasteiger partial charge is 0.0489 e. The molecule has 0 aromatic carbocycles. The third kappa shape index (κ3) is 5.61. The molecule has 0 heterocycles. The number of hydrogen-bond donors (Lipinski definition) is 1. The first-order valence-electron chi connectivity index (χ1n) is 6.10. The Labute approximate surface area is 88.4 Å². The minimum atomic E-state index is 0.665. The lowest BCUT2D eigenvalue weighted by Gasteiger charge is -2.11. The maximum Gasteiger partial charge on any atom is 0.0489 e. The van der Waals surface area contributed by atoms with Crippen molar-refractivity contribution in [2.45, 2.75) is 52.0 Å². The van der Waals surface area contributed by atoms with Crippen LogP contribution in [0.15, 0.2) is 0 Å². The second kappa shape index (κ2) is 7.24. The molecule has 1 aliphatic rings. The molecule has 0 radical (unpaired) electrons. The summed E-state index contributed by atoms with van der Waals surface area (Å²) in [4.78, 5) is 0. The Morgan fingerprint density at radius 1 is 1.29 bits per heavy atom. The molecule has 0 saturated heterocycles. The standard InChI is InChI=1S/C12H25NO/c1-11(2)10-14-9-5-8-13-12-6-3-4-7-12/h11-13H,3-10H2,1-2H3. The molecule has 84 valence electrons. The van der Waals surface area contributed by atoms with Gasteiger partial charge in [-0.1, -0.05) is 26.7 Å². The first-order valence-corrected chi connectivity index (χ1v) is 6.10. The lowest BCUT2D eigenvalue weighted by molar-refractivity contribution is 0.107. The predicted molar refractivity (Wildman–Crippen MR) is 60.5 cm³/mol. The second-order valence-electron chi connectivity index (χ2n) is 4.76. The van der Waals surface area contributed by atoms with Crippen LogP contribution in [-0.4, -0.2) is 25.8 Å². The normalized spacial score (nSPS) is 18.2. The zero-order valence-electron chi connectivity index (χ0n) is 9.72. The van der Waals surface area contributed by atoms with E-state index in [1.165, 1.54) is 25.7 Å². The molecule has 2 heteroatoms. The zero-order chi connectivity index (χ0) is 10.2. The molecule has 1 N–H and O–H groups in total. The van der Waals surface area contributed by atoms with Crippen LogP contribution in [0.3, 0.4) is 0 Å². The Morgan fingerprint density at radius 2 is 2.00 bits per heavy atom. The molecule has 1 aliphatic carbocycles. The minimum Gasteiger partial charge on any atom is -0.381 e. The van der Waals surface area contributed by atoms with E-state index in [0.29, 0.717) is 5.92 Å². The SMILES string of the molecule is CC(C)COCCCNC1CCCC1. The molecule has 0 spiro atoms. The summed E-state index contributed by atoms with van der Waals surface area (Å²) in [5.41, 5.74) is 0. The van der Waals surface area contributed by atoms with Crippen molar-refractivity contribution in [2.75, 3.05) is 19.8 Å². The van der Waals surface area contributed by atoms with E-state index in [9.17, 15) is 0 Å². The van der Waals surface area contributed by atoms with Gasteiger partial charge in [0.2, 0.25) is 0 Å². The number of hydrogen-bond acceptors (Lipinski definition) is 2. The average molecular weight is 199 g/mol. The second-order valence-corrected chi connectivity index (χ2v) is 4.76. The lowest BCUT2D eigenvalue weighted by Crippen LogP contribution is -2.27. The van der Waals surface area contributed by atoms with Crippen LogP contribution in [0.1, 0.15) is 46.0 Å². The highest BCUT2D eigenvalue weighted by molar-refractivity contribution is 4.72. The van der Waals surface area contributed by atoms with Crippen LogP contribution in [0.4, 0.5) is 0 Å². The van der Waals surface area contributed by atoms with Gasteiger partial charge in [0.05, 0.1) is 0 Å². The van der Waals surface area contributed by atoms with Gasteiger partial charge in [-0.25, -0.2) is 0 Å². The molecule has 1 rings (SSSR count). The molecule has 0 aliphatic heterocycles. The highest BCUT2D eigenvalue weighted by Gasteiger charge is 2.12. The quantitative estimate of drug-likeness (QED) is 0.636. The van der Waals surface area contributed by atoms with E-state index >= 15 is 0 Å². The number of ether oxygens (including phenoxy) is 1. The van der Waals surface area contributed by atoms with Gasteiger partial charge in [-0.05, 0) is 31.7 Å². The largest absolute Gasteiger partial charge is 0.381 e. The van der Waals surface area contributed by atoms with Gasteiger partial charge < -0.3 is 10.1 Å². The van der Waals surface area contributed by atoms with Crippen molar-refractivity contribution in [2.24, 2.45) is 5.92 Å². The summed E-state index contributed by atoms with van der Waals surface area (Å²) in [5, 5.41) is 3.59. The molecule has 1 fully saturated rings. The Bertz CT molecular complexity index is 130. The molecular weight excluding hydrogens is 174 g/mol.